The van der Waals surface area contributed by atoms with E-state index in [-0.39, 0.29) is 17.4 Å². The van der Waals surface area contributed by atoms with Gasteiger partial charge in [-0.1, -0.05) is 0 Å². The predicted octanol–water partition coefficient (Wildman–Crippen LogP) is 2.11. The molecule has 0 aromatic carbocycles. The minimum Gasteiger partial charge on any atom is -0.338 e. The second-order valence-corrected chi connectivity index (χ2v) is 7.57. The summed E-state index contributed by atoms with van der Waals surface area (Å²) in [5, 5.41) is 2.04. The zero-order valence-electron chi connectivity index (χ0n) is 15.1. The smallest absolute Gasteiger partial charge is 0.255 e. The second kappa shape index (κ2) is 7.48. The highest BCUT2D eigenvalue weighted by atomic mass is 32.1. The lowest BCUT2D eigenvalue weighted by Gasteiger charge is -2.32. The zero-order valence-corrected chi connectivity index (χ0v) is 15.9. The molecule has 140 valence electrons. The topological polar surface area (TPSA) is 73.0 Å². The van der Waals surface area contributed by atoms with Gasteiger partial charge in [0.25, 0.3) is 5.91 Å². The highest BCUT2D eigenvalue weighted by Crippen LogP contribution is 2.27. The Morgan fingerprint density at radius 3 is 3.00 bits per heavy atom. The number of aryl methyl sites for hydroxylation is 1. The van der Waals surface area contributed by atoms with Crippen LogP contribution in [0.2, 0.25) is 0 Å². The fourth-order valence-corrected chi connectivity index (χ4v) is 4.13. The number of likely N-dealkylation sites (tertiary alicyclic amines) is 1. The molecule has 7 nitrogen and oxygen atoms in total. The maximum atomic E-state index is 12.9. The monoisotopic (exact) mass is 383 g/mol. The summed E-state index contributed by atoms with van der Waals surface area (Å²) in [6.45, 7) is 2.06. The first-order valence-corrected chi connectivity index (χ1v) is 9.90. The van der Waals surface area contributed by atoms with E-state index in [0.29, 0.717) is 18.7 Å². The van der Waals surface area contributed by atoms with Gasteiger partial charge in [-0.25, -0.2) is 9.97 Å². The lowest BCUT2D eigenvalue weighted by atomic mass is 9.96. The standard InChI is InChI=1S/C19H21N5O2S/c1-22-9-15(4-5-17(22)25)19(26)24-7-2-3-14(10-24)18-20-6-8-23(18)11-16-12-27-13-21-16/h4-6,8-9,12-14H,2-3,7,10-11H2,1H3/t14-/m1/s1. The number of carbonyl (C=O) groups is 1. The van der Waals surface area contributed by atoms with Crippen LogP contribution in [-0.4, -0.2) is 43.0 Å². The molecule has 0 N–H and O–H groups in total. The molecule has 8 heteroatoms. The van der Waals surface area contributed by atoms with Crippen LogP contribution >= 0.6 is 11.3 Å². The number of amides is 1. The van der Waals surface area contributed by atoms with Gasteiger partial charge in [-0.2, -0.15) is 0 Å². The summed E-state index contributed by atoms with van der Waals surface area (Å²) < 4.78 is 3.56. The predicted molar refractivity (Wildman–Crippen MR) is 103 cm³/mol. The molecule has 4 heterocycles. The van der Waals surface area contributed by atoms with Gasteiger partial charge in [0.05, 0.1) is 23.3 Å². The fraction of sp³-hybridized carbons (Fsp3) is 0.368. The molecular weight excluding hydrogens is 362 g/mol. The third-order valence-electron chi connectivity index (χ3n) is 4.97. The minimum atomic E-state index is -0.118. The van der Waals surface area contributed by atoms with Crippen molar-refractivity contribution in [1.82, 2.24) is 24.0 Å². The summed E-state index contributed by atoms with van der Waals surface area (Å²) in [7, 11) is 1.66. The van der Waals surface area contributed by atoms with Crippen LogP contribution in [0.15, 0.2) is 46.4 Å². The van der Waals surface area contributed by atoms with E-state index in [2.05, 4.69) is 14.5 Å². The molecule has 1 aliphatic heterocycles. The number of hydrogen-bond donors (Lipinski definition) is 0. The van der Waals surface area contributed by atoms with Crippen molar-refractivity contribution in [3.63, 3.8) is 0 Å². The van der Waals surface area contributed by atoms with Crippen molar-refractivity contribution in [3.05, 3.63) is 69.0 Å². The summed E-state index contributed by atoms with van der Waals surface area (Å²) in [6.07, 6.45) is 7.34. The number of hydrogen-bond acceptors (Lipinski definition) is 5. The van der Waals surface area contributed by atoms with Crippen LogP contribution in [0.4, 0.5) is 0 Å². The number of nitrogens with zero attached hydrogens (tertiary/aromatic N) is 5. The number of thiazole rings is 1. The maximum Gasteiger partial charge on any atom is 0.255 e. The van der Waals surface area contributed by atoms with Gasteiger partial charge in [0, 0.05) is 56.1 Å². The van der Waals surface area contributed by atoms with E-state index < -0.39 is 0 Å². The first-order valence-electron chi connectivity index (χ1n) is 8.96. The number of piperidine rings is 1. The fourth-order valence-electron chi connectivity index (χ4n) is 3.58. The van der Waals surface area contributed by atoms with Crippen LogP contribution in [0, 0.1) is 0 Å². The molecule has 1 amide bonds. The average molecular weight is 383 g/mol. The van der Waals surface area contributed by atoms with Gasteiger partial charge < -0.3 is 14.0 Å². The Morgan fingerprint density at radius 2 is 2.22 bits per heavy atom. The summed E-state index contributed by atoms with van der Waals surface area (Å²) in [6, 6.07) is 3.05. The Kier molecular flexibility index (Phi) is 4.89. The highest BCUT2D eigenvalue weighted by molar-refractivity contribution is 7.07. The van der Waals surface area contributed by atoms with Crippen LogP contribution < -0.4 is 5.56 Å². The van der Waals surface area contributed by atoms with E-state index in [1.54, 1.807) is 30.6 Å². The van der Waals surface area contributed by atoms with Gasteiger partial charge in [-0.05, 0) is 18.9 Å². The van der Waals surface area contributed by atoms with Crippen molar-refractivity contribution in [2.45, 2.75) is 25.3 Å². The quantitative estimate of drug-likeness (QED) is 0.692. The summed E-state index contributed by atoms with van der Waals surface area (Å²) >= 11 is 1.58. The first-order chi connectivity index (χ1) is 13.1. The third-order valence-corrected chi connectivity index (χ3v) is 5.61. The van der Waals surface area contributed by atoms with Crippen molar-refractivity contribution >= 4 is 17.2 Å². The second-order valence-electron chi connectivity index (χ2n) is 6.85. The molecule has 0 unspecified atom stereocenters. The highest BCUT2D eigenvalue weighted by Gasteiger charge is 2.28. The Labute approximate surface area is 160 Å². The summed E-state index contributed by atoms with van der Waals surface area (Å²) in [4.78, 5) is 35.3. The Balaban J connectivity index is 1.51. The summed E-state index contributed by atoms with van der Waals surface area (Å²) in [5.41, 5.74) is 3.28. The number of imidazole rings is 1. The van der Waals surface area contributed by atoms with E-state index in [4.69, 9.17) is 0 Å². The van der Waals surface area contributed by atoms with Gasteiger partial charge >= 0.3 is 0 Å². The summed E-state index contributed by atoms with van der Waals surface area (Å²) in [5.74, 6) is 1.16. The van der Waals surface area contributed by atoms with E-state index in [1.807, 2.05) is 28.2 Å². The molecule has 1 aliphatic rings. The van der Waals surface area contributed by atoms with Gasteiger partial charge in [0.15, 0.2) is 0 Å². The van der Waals surface area contributed by atoms with Crippen LogP contribution in [-0.2, 0) is 13.6 Å². The van der Waals surface area contributed by atoms with Crippen molar-refractivity contribution in [3.8, 4) is 0 Å². The molecule has 27 heavy (non-hydrogen) atoms. The molecule has 3 aromatic heterocycles. The third kappa shape index (κ3) is 3.71. The Morgan fingerprint density at radius 1 is 1.33 bits per heavy atom. The molecule has 0 spiro atoms. The molecular formula is C19H21N5O2S. The van der Waals surface area contributed by atoms with Gasteiger partial charge in [0.1, 0.15) is 5.82 Å². The number of aromatic nitrogens is 4. The molecule has 0 bridgehead atoms. The van der Waals surface area contributed by atoms with Gasteiger partial charge in [-0.3, -0.25) is 9.59 Å². The van der Waals surface area contributed by atoms with E-state index in [1.165, 1.54) is 10.6 Å². The lowest BCUT2D eigenvalue weighted by Crippen LogP contribution is -2.40. The van der Waals surface area contributed by atoms with Gasteiger partial charge in [-0.15, -0.1) is 11.3 Å². The van der Waals surface area contributed by atoms with Crippen molar-refractivity contribution in [1.29, 1.82) is 0 Å². The van der Waals surface area contributed by atoms with Crippen molar-refractivity contribution in [2.75, 3.05) is 13.1 Å². The van der Waals surface area contributed by atoms with Crippen LogP contribution in [0.25, 0.3) is 0 Å². The lowest BCUT2D eigenvalue weighted by molar-refractivity contribution is 0.0702. The van der Waals surface area contributed by atoms with Crippen molar-refractivity contribution < 1.29 is 4.79 Å². The molecule has 1 atom stereocenters. The average Bonchev–Trinajstić information content (AvgIpc) is 3.36. The molecule has 0 aliphatic carbocycles. The van der Waals surface area contributed by atoms with Crippen LogP contribution in [0.3, 0.4) is 0 Å². The number of rotatable bonds is 4. The SMILES string of the molecule is Cn1cc(C(=O)N2CCC[C@@H](c3nccn3Cc3cscn3)C2)ccc1=O. The van der Waals surface area contributed by atoms with Crippen molar-refractivity contribution in [2.24, 2.45) is 7.05 Å². The van der Waals surface area contributed by atoms with E-state index in [9.17, 15) is 9.59 Å². The molecule has 1 fully saturated rings. The maximum absolute atomic E-state index is 12.9. The zero-order chi connectivity index (χ0) is 18.8. The molecule has 1 saturated heterocycles. The van der Waals surface area contributed by atoms with Crippen LogP contribution in [0.1, 0.15) is 40.6 Å². The van der Waals surface area contributed by atoms with E-state index in [0.717, 1.165) is 30.9 Å². The molecule has 3 aromatic rings. The number of carbonyl (C=O) groups excluding carboxylic acids is 1. The Hall–Kier alpha value is -2.74. The molecule has 0 radical (unpaired) electrons. The molecule has 4 rings (SSSR count). The van der Waals surface area contributed by atoms with Crippen LogP contribution in [0.5, 0.6) is 0 Å². The van der Waals surface area contributed by atoms with Gasteiger partial charge in [0.2, 0.25) is 5.56 Å². The normalized spacial score (nSPS) is 17.2. The minimum absolute atomic E-state index is 0.0343. The largest absolute Gasteiger partial charge is 0.338 e. The van der Waals surface area contributed by atoms with E-state index >= 15 is 0 Å². The first kappa shape index (κ1) is 17.7. The molecule has 0 saturated carbocycles. The Bertz CT molecular complexity index is 992. The number of pyridine rings is 1.